The summed E-state index contributed by atoms with van der Waals surface area (Å²) in [6.45, 7) is 6.08. The molecule has 1 aromatic carbocycles. The summed E-state index contributed by atoms with van der Waals surface area (Å²) in [5.41, 5.74) is 2.03. The molecule has 23 heavy (non-hydrogen) atoms. The van der Waals surface area contributed by atoms with Crippen LogP contribution in [0, 0.1) is 18.8 Å². The summed E-state index contributed by atoms with van der Waals surface area (Å²) in [5.74, 6) is 0.0302. The summed E-state index contributed by atoms with van der Waals surface area (Å²) in [7, 11) is -3.54. The van der Waals surface area contributed by atoms with Crippen LogP contribution in [-0.4, -0.2) is 37.3 Å². The van der Waals surface area contributed by atoms with Gasteiger partial charge >= 0.3 is 0 Å². The number of sulfonamides is 1. The second-order valence-corrected chi connectivity index (χ2v) is 9.05. The normalized spacial score (nSPS) is 28.5. The fraction of sp³-hybridized carbons (Fsp3) is 0.471. The smallest absolute Gasteiger partial charge is 0.243 e. The highest BCUT2D eigenvalue weighted by atomic mass is 32.2. The number of thioether (sulfide) groups is 1. The second kappa shape index (κ2) is 5.76. The van der Waals surface area contributed by atoms with Gasteiger partial charge in [-0.05, 0) is 37.8 Å². The van der Waals surface area contributed by atoms with Gasteiger partial charge in [0.25, 0.3) is 0 Å². The zero-order valence-electron chi connectivity index (χ0n) is 13.7. The van der Waals surface area contributed by atoms with Gasteiger partial charge < -0.3 is 0 Å². The molecule has 1 aliphatic carbocycles. The Balaban J connectivity index is 2.01. The molecule has 0 amide bonds. The number of allylic oxidation sites excluding steroid dienone is 1. The zero-order chi connectivity index (χ0) is 16.9. The van der Waals surface area contributed by atoms with Crippen LogP contribution in [0.1, 0.15) is 19.4 Å². The van der Waals surface area contributed by atoms with Gasteiger partial charge in [0.15, 0.2) is 5.78 Å². The van der Waals surface area contributed by atoms with E-state index in [1.807, 2.05) is 39.2 Å². The lowest BCUT2D eigenvalue weighted by molar-refractivity contribution is -0.118. The van der Waals surface area contributed by atoms with Crippen LogP contribution in [0.5, 0.6) is 0 Å². The maximum absolute atomic E-state index is 13.0. The molecule has 0 spiro atoms. The van der Waals surface area contributed by atoms with Crippen molar-refractivity contribution in [3.63, 3.8) is 0 Å². The number of carbonyl (C=O) groups is 1. The number of carbonyl (C=O) groups excluding carboxylic acids is 1. The van der Waals surface area contributed by atoms with Crippen LogP contribution in [0.4, 0.5) is 0 Å². The lowest BCUT2D eigenvalue weighted by atomic mass is 9.89. The predicted molar refractivity (Wildman–Crippen MR) is 92.7 cm³/mol. The summed E-state index contributed by atoms with van der Waals surface area (Å²) >= 11 is 1.44. The number of Topliss-reactive ketones (excluding diaryl/α,β-unsaturated/α-hetero) is 1. The second-order valence-electron chi connectivity index (χ2n) is 6.34. The van der Waals surface area contributed by atoms with E-state index in [1.165, 1.54) is 11.8 Å². The van der Waals surface area contributed by atoms with Crippen LogP contribution >= 0.6 is 11.8 Å². The third kappa shape index (κ3) is 2.47. The van der Waals surface area contributed by atoms with E-state index in [0.717, 1.165) is 16.0 Å². The lowest BCUT2D eigenvalue weighted by Crippen LogP contribution is -2.38. The number of nitrogens with zero attached hydrogens (tertiary/aromatic N) is 1. The van der Waals surface area contributed by atoms with Gasteiger partial charge in [-0.2, -0.15) is 4.31 Å². The molecule has 0 unspecified atom stereocenters. The number of ketones is 1. The first-order valence-electron chi connectivity index (χ1n) is 7.68. The van der Waals surface area contributed by atoms with Crippen molar-refractivity contribution in [2.75, 3.05) is 12.8 Å². The Bertz CT molecular complexity index is 781. The van der Waals surface area contributed by atoms with Crippen molar-refractivity contribution in [2.45, 2.75) is 31.7 Å². The van der Waals surface area contributed by atoms with Crippen LogP contribution in [0.15, 0.2) is 39.6 Å². The van der Waals surface area contributed by atoms with Crippen LogP contribution in [0.2, 0.25) is 0 Å². The Morgan fingerprint density at radius 2 is 1.78 bits per heavy atom. The maximum atomic E-state index is 13.0. The first kappa shape index (κ1) is 16.7. The van der Waals surface area contributed by atoms with Gasteiger partial charge in [-0.1, -0.05) is 24.6 Å². The first-order chi connectivity index (χ1) is 10.8. The van der Waals surface area contributed by atoms with Crippen LogP contribution in [-0.2, 0) is 14.8 Å². The number of fused-ring (bicyclic) bond motifs is 1. The van der Waals surface area contributed by atoms with Crippen molar-refractivity contribution in [3.05, 3.63) is 40.3 Å². The van der Waals surface area contributed by atoms with E-state index in [2.05, 4.69) is 0 Å². The van der Waals surface area contributed by atoms with Crippen molar-refractivity contribution in [3.8, 4) is 0 Å². The topological polar surface area (TPSA) is 54.5 Å². The summed E-state index contributed by atoms with van der Waals surface area (Å²) in [6.07, 6.45) is 1.89. The van der Waals surface area contributed by atoms with Gasteiger partial charge in [0.1, 0.15) is 0 Å². The number of hydrogen-bond acceptors (Lipinski definition) is 4. The third-order valence-corrected chi connectivity index (χ3v) is 7.82. The predicted octanol–water partition coefficient (Wildman–Crippen LogP) is 2.84. The third-order valence-electron chi connectivity index (χ3n) is 5.00. The number of rotatable bonds is 3. The largest absolute Gasteiger partial charge is 0.293 e. The molecule has 4 nitrogen and oxygen atoms in total. The van der Waals surface area contributed by atoms with Crippen molar-refractivity contribution in [1.82, 2.24) is 4.31 Å². The molecule has 2 aliphatic rings. The minimum absolute atomic E-state index is 0.00479. The van der Waals surface area contributed by atoms with Crippen molar-refractivity contribution in [2.24, 2.45) is 11.8 Å². The SMILES string of the molecule is CSC1=C2CN(S(=O)(=O)c3ccc(C)cc3)[C@@H](C)[C@H]2[C@H](C)C1=O. The Hall–Kier alpha value is -1.11. The molecule has 1 saturated heterocycles. The summed E-state index contributed by atoms with van der Waals surface area (Å²) in [6, 6.07) is 6.74. The molecule has 3 atom stereocenters. The van der Waals surface area contributed by atoms with Gasteiger partial charge in [-0.25, -0.2) is 8.42 Å². The Morgan fingerprint density at radius 1 is 1.17 bits per heavy atom. The van der Waals surface area contributed by atoms with Gasteiger partial charge in [0.2, 0.25) is 10.0 Å². The Morgan fingerprint density at radius 3 is 2.35 bits per heavy atom. The average molecular weight is 351 g/mol. The molecule has 0 bridgehead atoms. The summed E-state index contributed by atoms with van der Waals surface area (Å²) in [4.78, 5) is 13.4. The average Bonchev–Trinajstić information content (AvgIpc) is 2.96. The molecule has 0 aromatic heterocycles. The van der Waals surface area contributed by atoms with Gasteiger partial charge in [0.05, 0.1) is 9.80 Å². The summed E-state index contributed by atoms with van der Waals surface area (Å²) in [5, 5.41) is 0. The fourth-order valence-electron chi connectivity index (χ4n) is 3.74. The number of benzene rings is 1. The van der Waals surface area contributed by atoms with Gasteiger partial charge in [-0.3, -0.25) is 4.79 Å². The highest BCUT2D eigenvalue weighted by Crippen LogP contribution is 2.47. The van der Waals surface area contributed by atoms with Crippen molar-refractivity contribution >= 4 is 27.6 Å². The Kier molecular flexibility index (Phi) is 4.19. The van der Waals surface area contributed by atoms with Crippen LogP contribution in [0.25, 0.3) is 0 Å². The molecule has 1 fully saturated rings. The van der Waals surface area contributed by atoms with E-state index in [0.29, 0.717) is 11.4 Å². The molecule has 1 heterocycles. The van der Waals surface area contributed by atoms with Gasteiger partial charge in [-0.15, -0.1) is 11.8 Å². The minimum Gasteiger partial charge on any atom is -0.293 e. The monoisotopic (exact) mass is 351 g/mol. The minimum atomic E-state index is -3.54. The highest BCUT2D eigenvalue weighted by Gasteiger charge is 2.51. The highest BCUT2D eigenvalue weighted by molar-refractivity contribution is 8.03. The fourth-order valence-corrected chi connectivity index (χ4v) is 6.22. The molecule has 0 radical (unpaired) electrons. The zero-order valence-corrected chi connectivity index (χ0v) is 15.4. The van der Waals surface area contributed by atoms with Crippen molar-refractivity contribution in [1.29, 1.82) is 0 Å². The van der Waals surface area contributed by atoms with Crippen LogP contribution < -0.4 is 0 Å². The van der Waals surface area contributed by atoms with E-state index < -0.39 is 10.0 Å². The lowest BCUT2D eigenvalue weighted by Gasteiger charge is -2.25. The number of hydrogen-bond donors (Lipinski definition) is 0. The molecule has 1 aliphatic heterocycles. The van der Waals surface area contributed by atoms with E-state index in [1.54, 1.807) is 16.4 Å². The van der Waals surface area contributed by atoms with E-state index in [9.17, 15) is 13.2 Å². The molecule has 6 heteroatoms. The first-order valence-corrected chi connectivity index (χ1v) is 10.3. The molecular formula is C17H21NO3S2. The molecular weight excluding hydrogens is 330 g/mol. The quantitative estimate of drug-likeness (QED) is 0.840. The van der Waals surface area contributed by atoms with Crippen molar-refractivity contribution < 1.29 is 13.2 Å². The van der Waals surface area contributed by atoms with Crippen LogP contribution in [0.3, 0.4) is 0 Å². The maximum Gasteiger partial charge on any atom is 0.243 e. The van der Waals surface area contributed by atoms with Gasteiger partial charge in [0, 0.05) is 24.4 Å². The Labute approximate surface area is 142 Å². The molecule has 0 N–H and O–H groups in total. The van der Waals surface area contributed by atoms with E-state index in [-0.39, 0.29) is 23.7 Å². The molecule has 124 valence electrons. The van der Waals surface area contributed by atoms with E-state index in [4.69, 9.17) is 0 Å². The standard InChI is InChI=1S/C17H21NO3S2/c1-10-5-7-13(8-6-10)23(20,21)18-9-14-15(12(18)3)11(2)16(19)17(14)22-4/h5-8,11-12,15H,9H2,1-4H3/t11-,12-,15+/m0/s1. The molecule has 0 saturated carbocycles. The van der Waals surface area contributed by atoms with E-state index >= 15 is 0 Å². The molecule has 3 rings (SSSR count). The molecule has 1 aromatic rings. The summed E-state index contributed by atoms with van der Waals surface area (Å²) < 4.78 is 27.5. The number of aryl methyl sites for hydroxylation is 1.